The van der Waals surface area contributed by atoms with Gasteiger partial charge in [0.25, 0.3) is 0 Å². The van der Waals surface area contributed by atoms with Gasteiger partial charge in [0.15, 0.2) is 0 Å². The van der Waals surface area contributed by atoms with Gasteiger partial charge >= 0.3 is 49.9 Å². The van der Waals surface area contributed by atoms with Crippen LogP contribution >= 0.6 is 21.1 Å². The van der Waals surface area contributed by atoms with Gasteiger partial charge in [-0.3, -0.25) is 0 Å². The van der Waals surface area contributed by atoms with E-state index in [0.29, 0.717) is 0 Å². The van der Waals surface area contributed by atoms with Gasteiger partial charge in [0.1, 0.15) is 0 Å². The molecule has 0 N–H and O–H groups in total. The zero-order valence-corrected chi connectivity index (χ0v) is 5.57. The molecule has 0 saturated carbocycles. The normalized spacial score (nSPS) is 2.00. The van der Waals surface area contributed by atoms with E-state index in [2.05, 4.69) is 49.9 Å². The van der Waals surface area contributed by atoms with Crippen molar-refractivity contribution in [1.82, 2.24) is 0 Å². The van der Waals surface area contributed by atoms with Crippen molar-refractivity contribution in [2.75, 3.05) is 0 Å². The van der Waals surface area contributed by atoms with Crippen LogP contribution in [0.15, 0.2) is 0 Å². The SMILES string of the molecule is [S]=[Mn].[S]=[Mn]. The first-order valence-electron chi connectivity index (χ1n) is 0.309. The molecule has 0 radical (unpaired) electrons. The first-order chi connectivity index (χ1) is 2.00. The summed E-state index contributed by atoms with van der Waals surface area (Å²) in [5.74, 6) is 0. The maximum atomic E-state index is 3.90. The summed E-state index contributed by atoms with van der Waals surface area (Å²) in [5, 5.41) is 0. The second-order valence-corrected chi connectivity index (χ2v) is 0. The van der Waals surface area contributed by atoms with Crippen LogP contribution in [0.5, 0.6) is 0 Å². The molecule has 0 bridgehead atoms. The summed E-state index contributed by atoms with van der Waals surface area (Å²) < 4.78 is 0. The Morgan fingerprint density at radius 1 is 0.750 bits per heavy atom. The summed E-state index contributed by atoms with van der Waals surface area (Å²) in [4.78, 5) is 0. The summed E-state index contributed by atoms with van der Waals surface area (Å²) in [5.41, 5.74) is 0. The third kappa shape index (κ3) is 9.77. The molecule has 0 spiro atoms. The summed E-state index contributed by atoms with van der Waals surface area (Å²) in [7, 11) is 7.79. The van der Waals surface area contributed by atoms with Crippen molar-refractivity contribution >= 4 is 21.1 Å². The van der Waals surface area contributed by atoms with E-state index in [-0.39, 0.29) is 0 Å². The van der Waals surface area contributed by atoms with Crippen molar-refractivity contribution in [3.63, 3.8) is 0 Å². The second kappa shape index (κ2) is 24.8. The molecule has 26 valence electrons. The quantitative estimate of drug-likeness (QED) is 0.507. The molecule has 0 saturated heterocycles. The Labute approximate surface area is 49.7 Å². The number of hydrogen-bond donors (Lipinski definition) is 0. The molecule has 0 unspecified atom stereocenters. The van der Waals surface area contributed by atoms with Crippen molar-refractivity contribution < 1.29 is 28.8 Å². The Hall–Kier alpha value is 1.48. The molecule has 4 heteroatoms. The number of rotatable bonds is 0. The van der Waals surface area contributed by atoms with Crippen molar-refractivity contribution in [3.05, 3.63) is 0 Å². The fourth-order valence-electron chi connectivity index (χ4n) is 0. The van der Waals surface area contributed by atoms with E-state index in [9.17, 15) is 0 Å². The van der Waals surface area contributed by atoms with E-state index in [4.69, 9.17) is 0 Å². The van der Waals surface area contributed by atoms with Gasteiger partial charge in [-0.05, 0) is 0 Å². The minimum absolute atomic E-state index is 2.52. The van der Waals surface area contributed by atoms with Gasteiger partial charge in [0, 0.05) is 0 Å². The van der Waals surface area contributed by atoms with Gasteiger partial charge in [-0.1, -0.05) is 0 Å². The van der Waals surface area contributed by atoms with Crippen molar-refractivity contribution in [2.45, 2.75) is 0 Å². The van der Waals surface area contributed by atoms with Gasteiger partial charge in [-0.15, -0.1) is 0 Å². The molecule has 0 aromatic rings. The summed E-state index contributed by atoms with van der Waals surface area (Å²) in [6, 6.07) is 0. The van der Waals surface area contributed by atoms with E-state index in [1.165, 1.54) is 0 Å². The molecule has 0 nitrogen and oxygen atoms in total. The molecular weight excluding hydrogens is 174 g/mol. The molecule has 0 aromatic heterocycles. The summed E-state index contributed by atoms with van der Waals surface area (Å²) >= 11 is 5.04. The molecule has 0 rings (SSSR count). The monoisotopic (exact) mass is 174 g/mol. The molecule has 0 heterocycles. The zero-order valence-electron chi connectivity index (χ0n) is 1.57. The van der Waals surface area contributed by atoms with E-state index in [1.54, 1.807) is 0 Å². The molecular formula is Mn2S2. The van der Waals surface area contributed by atoms with Crippen LogP contribution in [0.4, 0.5) is 0 Å². The van der Waals surface area contributed by atoms with Crippen LogP contribution in [0.25, 0.3) is 0 Å². The van der Waals surface area contributed by atoms with Crippen molar-refractivity contribution in [2.24, 2.45) is 0 Å². The molecule has 0 aliphatic rings. The molecule has 0 aliphatic heterocycles. The van der Waals surface area contributed by atoms with E-state index in [1.807, 2.05) is 0 Å². The van der Waals surface area contributed by atoms with Gasteiger partial charge in [-0.2, -0.15) is 0 Å². The van der Waals surface area contributed by atoms with Crippen LogP contribution in [0.1, 0.15) is 0 Å². The fraction of sp³-hybridized carbons (Fsp3) is 0. The average molecular weight is 174 g/mol. The summed E-state index contributed by atoms with van der Waals surface area (Å²) in [6.07, 6.45) is 0. The van der Waals surface area contributed by atoms with E-state index in [0.717, 1.165) is 0 Å². The molecule has 4 heavy (non-hydrogen) atoms. The van der Waals surface area contributed by atoms with E-state index >= 15 is 0 Å². The average Bonchev–Trinajstić information content (AvgIpc) is 1.50. The van der Waals surface area contributed by atoms with Gasteiger partial charge < -0.3 is 0 Å². The standard InChI is InChI=1S/2Mn.2S. The van der Waals surface area contributed by atoms with Gasteiger partial charge in [0.05, 0.1) is 0 Å². The Balaban J connectivity index is 0. The van der Waals surface area contributed by atoms with Crippen LogP contribution in [0.2, 0.25) is 0 Å². The van der Waals surface area contributed by atoms with Crippen LogP contribution in [-0.4, -0.2) is 0 Å². The Bertz CT molecular complexity index is 6.00. The maximum absolute atomic E-state index is 3.90. The predicted molar refractivity (Wildman–Crippen MR) is 15.2 cm³/mol. The van der Waals surface area contributed by atoms with Crippen molar-refractivity contribution in [1.29, 1.82) is 0 Å². The van der Waals surface area contributed by atoms with Crippen molar-refractivity contribution in [3.8, 4) is 0 Å². The van der Waals surface area contributed by atoms with E-state index < -0.39 is 0 Å². The first-order valence-corrected chi connectivity index (χ1v) is 3.82. The number of hydrogen-bond acceptors (Lipinski definition) is 2. The first kappa shape index (κ1) is 9.08. The topological polar surface area (TPSA) is 0 Å². The van der Waals surface area contributed by atoms with Crippen LogP contribution < -0.4 is 0 Å². The predicted octanol–water partition coefficient (Wildman–Crippen LogP) is 1.29. The molecule has 0 aliphatic carbocycles. The molecule has 0 fully saturated rings. The van der Waals surface area contributed by atoms with Crippen LogP contribution in [-0.2, 0) is 28.8 Å². The van der Waals surface area contributed by atoms with Crippen LogP contribution in [0, 0.1) is 0 Å². The Morgan fingerprint density at radius 2 is 0.750 bits per heavy atom. The molecule has 0 aromatic carbocycles. The third-order valence-corrected chi connectivity index (χ3v) is 0. The van der Waals surface area contributed by atoms with Crippen LogP contribution in [0.3, 0.4) is 0 Å². The molecule has 0 amide bonds. The summed E-state index contributed by atoms with van der Waals surface area (Å²) in [6.45, 7) is 0. The Kier molecular flexibility index (Phi) is 56.3. The van der Waals surface area contributed by atoms with Gasteiger partial charge in [-0.25, -0.2) is 0 Å². The Morgan fingerprint density at radius 3 is 0.750 bits per heavy atom. The fourth-order valence-corrected chi connectivity index (χ4v) is 0. The third-order valence-electron chi connectivity index (χ3n) is 0. The second-order valence-electron chi connectivity index (χ2n) is 0. The molecule has 0 atom stereocenters. The van der Waals surface area contributed by atoms with Gasteiger partial charge in [0.2, 0.25) is 0 Å². The minimum atomic E-state index is 2.52. The zero-order chi connectivity index (χ0) is 4.00.